The minimum Gasteiger partial charge on any atom is -0.327 e. The summed E-state index contributed by atoms with van der Waals surface area (Å²) in [5.74, 6) is 0.814. The lowest BCUT2D eigenvalue weighted by Gasteiger charge is -2.01. The molecule has 0 aliphatic heterocycles. The molecule has 1 atom stereocenters. The lowest BCUT2D eigenvalue weighted by Crippen LogP contribution is -2.19. The van der Waals surface area contributed by atoms with Crippen LogP contribution in [0.2, 0.25) is 0 Å². The quantitative estimate of drug-likeness (QED) is 0.698. The average molecular weight is 174 g/mol. The number of hydrogen-bond donors (Lipinski definition) is 1. The van der Waals surface area contributed by atoms with Gasteiger partial charge < -0.3 is 5.73 Å². The first-order valence-corrected chi connectivity index (χ1v) is 5.06. The largest absolute Gasteiger partial charge is 0.327 e. The van der Waals surface area contributed by atoms with Gasteiger partial charge in [0.15, 0.2) is 0 Å². The molecule has 0 spiro atoms. The number of nitrogens with zero attached hydrogens (tertiary/aromatic N) is 1. The minimum atomic E-state index is 0.317. The van der Waals surface area contributed by atoms with Crippen LogP contribution < -0.4 is 5.73 Å². The van der Waals surface area contributed by atoms with E-state index in [1.807, 2.05) is 0 Å². The maximum Gasteiger partial charge on any atom is 0.0451 e. The Labute approximate surface area is 78.2 Å². The topological polar surface area (TPSA) is 38.9 Å². The Morgan fingerprint density at radius 2 is 2.15 bits per heavy atom. The summed E-state index contributed by atoms with van der Waals surface area (Å²) in [6.45, 7) is 0. The van der Waals surface area contributed by atoms with Crippen molar-refractivity contribution in [3.05, 3.63) is 29.1 Å². The molecule has 2 heteroatoms. The SMILES string of the molecule is NC1Cc2cc(C3CC3)cnc2C1. The summed E-state index contributed by atoms with van der Waals surface area (Å²) >= 11 is 0. The Morgan fingerprint density at radius 3 is 2.92 bits per heavy atom. The molecular weight excluding hydrogens is 160 g/mol. The summed E-state index contributed by atoms with van der Waals surface area (Å²) in [7, 11) is 0. The molecule has 68 valence electrons. The van der Waals surface area contributed by atoms with Crippen LogP contribution in [0.1, 0.15) is 35.6 Å². The van der Waals surface area contributed by atoms with Gasteiger partial charge in [0.05, 0.1) is 0 Å². The first-order valence-electron chi connectivity index (χ1n) is 5.06. The Balaban J connectivity index is 1.98. The molecule has 0 bridgehead atoms. The van der Waals surface area contributed by atoms with Crippen molar-refractivity contribution in [3.63, 3.8) is 0 Å². The molecule has 0 aromatic carbocycles. The predicted molar refractivity (Wildman–Crippen MR) is 51.6 cm³/mol. The molecule has 2 aliphatic rings. The van der Waals surface area contributed by atoms with Crippen molar-refractivity contribution in [1.29, 1.82) is 0 Å². The highest BCUT2D eigenvalue weighted by molar-refractivity contribution is 5.33. The zero-order valence-corrected chi connectivity index (χ0v) is 7.66. The highest BCUT2D eigenvalue weighted by Gasteiger charge is 2.26. The lowest BCUT2D eigenvalue weighted by molar-refractivity contribution is 0.716. The van der Waals surface area contributed by atoms with Crippen LogP contribution in [0, 0.1) is 0 Å². The Morgan fingerprint density at radius 1 is 1.31 bits per heavy atom. The third-order valence-corrected chi connectivity index (χ3v) is 3.07. The van der Waals surface area contributed by atoms with Gasteiger partial charge in [-0.05, 0) is 36.3 Å². The number of rotatable bonds is 1. The maximum atomic E-state index is 5.89. The lowest BCUT2D eigenvalue weighted by atomic mass is 10.1. The molecule has 2 N–H and O–H groups in total. The van der Waals surface area contributed by atoms with E-state index in [1.54, 1.807) is 0 Å². The second-order valence-electron chi connectivity index (χ2n) is 4.32. The smallest absolute Gasteiger partial charge is 0.0451 e. The zero-order valence-electron chi connectivity index (χ0n) is 7.66. The number of fused-ring (bicyclic) bond motifs is 1. The van der Waals surface area contributed by atoms with Gasteiger partial charge in [-0.25, -0.2) is 0 Å². The van der Waals surface area contributed by atoms with E-state index in [4.69, 9.17) is 5.73 Å². The molecule has 13 heavy (non-hydrogen) atoms. The van der Waals surface area contributed by atoms with Crippen molar-refractivity contribution < 1.29 is 0 Å². The molecule has 2 aliphatic carbocycles. The molecule has 1 heterocycles. The van der Waals surface area contributed by atoms with Crippen molar-refractivity contribution in [2.45, 2.75) is 37.6 Å². The second kappa shape index (κ2) is 2.55. The van der Waals surface area contributed by atoms with E-state index in [0.29, 0.717) is 6.04 Å². The van der Waals surface area contributed by atoms with E-state index in [0.717, 1.165) is 18.8 Å². The summed E-state index contributed by atoms with van der Waals surface area (Å²) in [5, 5.41) is 0. The normalized spacial score (nSPS) is 26.1. The number of aromatic nitrogens is 1. The fraction of sp³-hybridized carbons (Fsp3) is 0.545. The van der Waals surface area contributed by atoms with Crippen LogP contribution in [-0.4, -0.2) is 11.0 Å². The molecule has 1 aromatic rings. The summed E-state index contributed by atoms with van der Waals surface area (Å²) in [4.78, 5) is 4.49. The van der Waals surface area contributed by atoms with Crippen LogP contribution in [0.5, 0.6) is 0 Å². The van der Waals surface area contributed by atoms with Gasteiger partial charge in [-0.15, -0.1) is 0 Å². The van der Waals surface area contributed by atoms with Gasteiger partial charge in [0.25, 0.3) is 0 Å². The van der Waals surface area contributed by atoms with E-state index in [9.17, 15) is 0 Å². The molecule has 2 nitrogen and oxygen atoms in total. The van der Waals surface area contributed by atoms with Gasteiger partial charge >= 0.3 is 0 Å². The highest BCUT2D eigenvalue weighted by Crippen LogP contribution is 2.40. The monoisotopic (exact) mass is 174 g/mol. The predicted octanol–water partition coefficient (Wildman–Crippen LogP) is 1.38. The fourth-order valence-corrected chi connectivity index (χ4v) is 2.16. The van der Waals surface area contributed by atoms with Crippen LogP contribution in [-0.2, 0) is 12.8 Å². The minimum absolute atomic E-state index is 0.317. The van der Waals surface area contributed by atoms with E-state index in [-0.39, 0.29) is 0 Å². The van der Waals surface area contributed by atoms with Gasteiger partial charge in [0.1, 0.15) is 0 Å². The van der Waals surface area contributed by atoms with Gasteiger partial charge in [-0.2, -0.15) is 0 Å². The van der Waals surface area contributed by atoms with Crippen LogP contribution in [0.4, 0.5) is 0 Å². The Kier molecular flexibility index (Phi) is 1.47. The summed E-state index contributed by atoms with van der Waals surface area (Å²) in [6, 6.07) is 2.64. The van der Waals surface area contributed by atoms with Gasteiger partial charge in [-0.1, -0.05) is 6.07 Å². The maximum absolute atomic E-state index is 5.89. The summed E-state index contributed by atoms with van der Waals surface area (Å²) in [6.07, 6.45) is 6.76. The average Bonchev–Trinajstić information content (AvgIpc) is 2.87. The van der Waals surface area contributed by atoms with Crippen LogP contribution in [0.25, 0.3) is 0 Å². The van der Waals surface area contributed by atoms with Crippen LogP contribution in [0.3, 0.4) is 0 Å². The van der Waals surface area contributed by atoms with Crippen molar-refractivity contribution in [2.24, 2.45) is 5.73 Å². The molecule has 0 amide bonds. The van der Waals surface area contributed by atoms with E-state index >= 15 is 0 Å². The third-order valence-electron chi connectivity index (χ3n) is 3.07. The van der Waals surface area contributed by atoms with E-state index < -0.39 is 0 Å². The third kappa shape index (κ3) is 1.25. The second-order valence-corrected chi connectivity index (χ2v) is 4.32. The number of nitrogens with two attached hydrogens (primary N) is 1. The van der Waals surface area contributed by atoms with Crippen molar-refractivity contribution in [2.75, 3.05) is 0 Å². The Bertz CT molecular complexity index is 342. The molecule has 1 fully saturated rings. The van der Waals surface area contributed by atoms with Gasteiger partial charge in [-0.3, -0.25) is 4.98 Å². The first kappa shape index (κ1) is 7.51. The summed E-state index contributed by atoms with van der Waals surface area (Å²) < 4.78 is 0. The molecule has 1 saturated carbocycles. The molecule has 3 rings (SSSR count). The number of pyridine rings is 1. The Hall–Kier alpha value is -0.890. The first-order chi connectivity index (χ1) is 6.33. The summed E-state index contributed by atoms with van der Waals surface area (Å²) in [5.41, 5.74) is 9.96. The van der Waals surface area contributed by atoms with E-state index in [2.05, 4.69) is 17.2 Å². The zero-order chi connectivity index (χ0) is 8.84. The van der Waals surface area contributed by atoms with Crippen molar-refractivity contribution >= 4 is 0 Å². The molecular formula is C11H14N2. The molecule has 1 unspecified atom stereocenters. The standard InChI is InChI=1S/C11H14N2/c12-10-4-8-3-9(7-1-2-7)6-13-11(8)5-10/h3,6-7,10H,1-2,4-5,12H2. The van der Waals surface area contributed by atoms with Crippen LogP contribution >= 0.6 is 0 Å². The van der Waals surface area contributed by atoms with Crippen molar-refractivity contribution in [1.82, 2.24) is 4.98 Å². The van der Waals surface area contributed by atoms with E-state index in [1.165, 1.54) is 29.7 Å². The molecule has 0 saturated heterocycles. The molecule has 1 aromatic heterocycles. The van der Waals surface area contributed by atoms with Crippen LogP contribution in [0.15, 0.2) is 12.3 Å². The number of hydrogen-bond acceptors (Lipinski definition) is 2. The van der Waals surface area contributed by atoms with Gasteiger partial charge in [0.2, 0.25) is 0 Å². The van der Waals surface area contributed by atoms with Gasteiger partial charge in [0, 0.05) is 24.4 Å². The highest BCUT2D eigenvalue weighted by atomic mass is 14.7. The molecule has 0 radical (unpaired) electrons. The van der Waals surface area contributed by atoms with Crippen molar-refractivity contribution in [3.8, 4) is 0 Å². The fourth-order valence-electron chi connectivity index (χ4n) is 2.16.